The van der Waals surface area contributed by atoms with Crippen molar-refractivity contribution in [3.8, 4) is 17.1 Å². The molecule has 3 aromatic rings. The van der Waals surface area contributed by atoms with Gasteiger partial charge in [0.1, 0.15) is 5.71 Å². The average molecular weight is 359 g/mol. The summed E-state index contributed by atoms with van der Waals surface area (Å²) >= 11 is 0. The average Bonchev–Trinajstić information content (AvgIpc) is 3.12. The Morgan fingerprint density at radius 2 is 1.78 bits per heavy atom. The minimum absolute atomic E-state index is 0.0137. The van der Waals surface area contributed by atoms with Crippen molar-refractivity contribution in [3.63, 3.8) is 0 Å². The zero-order valence-corrected chi connectivity index (χ0v) is 15.7. The van der Waals surface area contributed by atoms with E-state index in [1.54, 1.807) is 7.05 Å². The van der Waals surface area contributed by atoms with Crippen LogP contribution in [0.2, 0.25) is 0 Å². The van der Waals surface area contributed by atoms with E-state index in [2.05, 4.69) is 37.1 Å². The van der Waals surface area contributed by atoms with Gasteiger partial charge in [-0.3, -0.25) is 4.79 Å². The summed E-state index contributed by atoms with van der Waals surface area (Å²) in [7, 11) is 1.68. The third-order valence-electron chi connectivity index (χ3n) is 4.70. The van der Waals surface area contributed by atoms with E-state index in [0.717, 1.165) is 28.1 Å². The van der Waals surface area contributed by atoms with Gasteiger partial charge in [-0.05, 0) is 31.0 Å². The minimum Gasteiger partial charge on any atom is -0.273 e. The molecule has 1 aliphatic rings. The van der Waals surface area contributed by atoms with Gasteiger partial charge >= 0.3 is 0 Å². The molecule has 136 valence electrons. The van der Waals surface area contributed by atoms with E-state index in [0.29, 0.717) is 24.5 Å². The summed E-state index contributed by atoms with van der Waals surface area (Å²) in [4.78, 5) is 16.6. The van der Waals surface area contributed by atoms with Crippen molar-refractivity contribution in [2.75, 3.05) is 7.05 Å². The zero-order chi connectivity index (χ0) is 19.0. The van der Waals surface area contributed by atoms with Gasteiger partial charge in [-0.15, -0.1) is 5.10 Å². The Morgan fingerprint density at radius 3 is 2.52 bits per heavy atom. The molecule has 0 spiro atoms. The van der Waals surface area contributed by atoms with Crippen LogP contribution < -0.4 is 0 Å². The number of aryl methyl sites for hydroxylation is 2. The molecule has 0 atom stereocenters. The maximum atomic E-state index is 11.8. The largest absolute Gasteiger partial charge is 0.273 e. The maximum Gasteiger partial charge on any atom is 0.242 e. The number of hydrogen-bond donors (Lipinski definition) is 0. The van der Waals surface area contributed by atoms with Gasteiger partial charge in [0, 0.05) is 25.5 Å². The first-order valence-corrected chi connectivity index (χ1v) is 8.97. The lowest BCUT2D eigenvalue weighted by Crippen LogP contribution is -2.29. The van der Waals surface area contributed by atoms with E-state index in [1.165, 1.54) is 5.01 Å². The fraction of sp³-hybridized carbons (Fsp3) is 0.238. The lowest BCUT2D eigenvalue weighted by molar-refractivity contribution is -0.130. The van der Waals surface area contributed by atoms with Crippen LogP contribution in [0.25, 0.3) is 17.1 Å². The summed E-state index contributed by atoms with van der Waals surface area (Å²) in [5.74, 6) is 1.34. The first kappa shape index (κ1) is 17.1. The van der Waals surface area contributed by atoms with Gasteiger partial charge in [0.15, 0.2) is 11.6 Å². The predicted octanol–water partition coefficient (Wildman–Crippen LogP) is 3.51. The second kappa shape index (κ2) is 6.79. The van der Waals surface area contributed by atoms with E-state index < -0.39 is 0 Å². The molecule has 27 heavy (non-hydrogen) atoms. The zero-order valence-electron chi connectivity index (χ0n) is 15.7. The monoisotopic (exact) mass is 359 g/mol. The number of carbonyl (C=O) groups excluding carboxylic acids is 1. The van der Waals surface area contributed by atoms with Crippen molar-refractivity contribution >= 4 is 11.6 Å². The highest BCUT2D eigenvalue weighted by Gasteiger charge is 2.24. The molecule has 0 radical (unpaired) electrons. The molecule has 1 aromatic heterocycles. The Kier molecular flexibility index (Phi) is 4.32. The van der Waals surface area contributed by atoms with Crippen LogP contribution in [0.15, 0.2) is 53.6 Å². The highest BCUT2D eigenvalue weighted by Crippen LogP contribution is 2.23. The van der Waals surface area contributed by atoms with Crippen molar-refractivity contribution in [1.82, 2.24) is 19.8 Å². The van der Waals surface area contributed by atoms with Crippen molar-refractivity contribution in [3.05, 3.63) is 65.5 Å². The fourth-order valence-corrected chi connectivity index (χ4v) is 3.15. The molecular formula is C21H21N5O. The maximum absolute atomic E-state index is 11.8. The van der Waals surface area contributed by atoms with Gasteiger partial charge in [0.25, 0.3) is 0 Å². The summed E-state index contributed by atoms with van der Waals surface area (Å²) < 4.78 is 1.85. The standard InChI is InChI=1S/C21H21N5O/c1-14-9-10-15(2)18(13-14)26-21(17-11-12-19(27)25(3)23-17)22-20(24-26)16-7-5-4-6-8-16/h4-10,13H,11-12H2,1-3H3. The van der Waals surface area contributed by atoms with Crippen LogP contribution in [0.3, 0.4) is 0 Å². The molecule has 0 saturated heterocycles. The molecule has 6 nitrogen and oxygen atoms in total. The van der Waals surface area contributed by atoms with Crippen LogP contribution in [-0.2, 0) is 4.79 Å². The third kappa shape index (κ3) is 3.26. The molecule has 2 aromatic carbocycles. The number of nitrogens with zero attached hydrogens (tertiary/aromatic N) is 5. The molecule has 4 rings (SSSR count). The van der Waals surface area contributed by atoms with Crippen LogP contribution in [0, 0.1) is 13.8 Å². The minimum atomic E-state index is 0.0137. The molecule has 0 aliphatic carbocycles. The predicted molar refractivity (Wildman–Crippen MR) is 105 cm³/mol. The molecule has 0 N–H and O–H groups in total. The van der Waals surface area contributed by atoms with E-state index in [9.17, 15) is 4.79 Å². The normalized spacial score (nSPS) is 14.4. The molecule has 6 heteroatoms. The molecule has 0 bridgehead atoms. The van der Waals surface area contributed by atoms with Crippen molar-refractivity contribution in [1.29, 1.82) is 0 Å². The number of aromatic nitrogens is 3. The van der Waals surface area contributed by atoms with Crippen molar-refractivity contribution in [2.45, 2.75) is 26.7 Å². The highest BCUT2D eigenvalue weighted by atomic mass is 16.2. The molecule has 0 saturated carbocycles. The Bertz CT molecular complexity index is 1040. The first-order valence-electron chi connectivity index (χ1n) is 8.97. The van der Waals surface area contributed by atoms with E-state index >= 15 is 0 Å². The quantitative estimate of drug-likeness (QED) is 0.719. The SMILES string of the molecule is Cc1ccc(C)c(-n2nc(-c3ccccc3)nc2C2=NN(C)C(=O)CC2)c1. The summed E-state index contributed by atoms with van der Waals surface area (Å²) in [5, 5.41) is 10.6. The number of carbonyl (C=O) groups is 1. The first-order chi connectivity index (χ1) is 13.0. The molecule has 0 fully saturated rings. The summed E-state index contributed by atoms with van der Waals surface area (Å²) in [6.45, 7) is 4.11. The lowest BCUT2D eigenvalue weighted by Gasteiger charge is -2.19. The van der Waals surface area contributed by atoms with Crippen LogP contribution in [0.4, 0.5) is 0 Å². The fourth-order valence-electron chi connectivity index (χ4n) is 3.15. The van der Waals surface area contributed by atoms with Crippen LogP contribution in [-0.4, -0.2) is 38.4 Å². The van der Waals surface area contributed by atoms with Gasteiger partial charge in [0.2, 0.25) is 5.91 Å². The van der Waals surface area contributed by atoms with Crippen LogP contribution in [0.1, 0.15) is 29.8 Å². The molecular weight excluding hydrogens is 338 g/mol. The molecule has 0 unspecified atom stereocenters. The highest BCUT2D eigenvalue weighted by molar-refractivity contribution is 6.02. The number of amides is 1. The summed E-state index contributed by atoms with van der Waals surface area (Å²) in [5.41, 5.74) is 4.95. The smallest absolute Gasteiger partial charge is 0.242 e. The van der Waals surface area contributed by atoms with Gasteiger partial charge in [0.05, 0.1) is 5.69 Å². The Balaban J connectivity index is 1.91. The second-order valence-corrected chi connectivity index (χ2v) is 6.79. The lowest BCUT2D eigenvalue weighted by atomic mass is 10.1. The molecule has 1 aliphatic heterocycles. The number of benzene rings is 2. The Morgan fingerprint density at radius 1 is 1.00 bits per heavy atom. The third-order valence-corrected chi connectivity index (χ3v) is 4.70. The van der Waals surface area contributed by atoms with Gasteiger partial charge in [-0.2, -0.15) is 5.10 Å². The second-order valence-electron chi connectivity index (χ2n) is 6.79. The van der Waals surface area contributed by atoms with Crippen molar-refractivity contribution < 1.29 is 4.79 Å². The Labute approximate surface area is 158 Å². The number of rotatable bonds is 3. The summed E-state index contributed by atoms with van der Waals surface area (Å²) in [6, 6.07) is 16.2. The van der Waals surface area contributed by atoms with E-state index in [4.69, 9.17) is 10.1 Å². The van der Waals surface area contributed by atoms with E-state index in [-0.39, 0.29) is 5.91 Å². The van der Waals surface area contributed by atoms with Crippen LogP contribution in [0.5, 0.6) is 0 Å². The Hall–Kier alpha value is -3.28. The van der Waals surface area contributed by atoms with Gasteiger partial charge < -0.3 is 0 Å². The molecule has 2 heterocycles. The van der Waals surface area contributed by atoms with Crippen molar-refractivity contribution in [2.24, 2.45) is 5.10 Å². The van der Waals surface area contributed by atoms with Gasteiger partial charge in [-0.1, -0.05) is 42.5 Å². The van der Waals surface area contributed by atoms with Gasteiger partial charge in [-0.25, -0.2) is 14.7 Å². The number of hydrogen-bond acceptors (Lipinski definition) is 4. The molecule has 1 amide bonds. The number of hydrazone groups is 1. The van der Waals surface area contributed by atoms with Crippen LogP contribution >= 0.6 is 0 Å². The summed E-state index contributed by atoms with van der Waals surface area (Å²) in [6.07, 6.45) is 0.983. The topological polar surface area (TPSA) is 63.4 Å². The van der Waals surface area contributed by atoms with E-state index in [1.807, 2.05) is 35.0 Å².